The van der Waals surface area contributed by atoms with Gasteiger partial charge in [-0.1, -0.05) is 23.2 Å². The number of hydrogen-bond acceptors (Lipinski definition) is 3. The molecular weight excluding hydrogens is 305 g/mol. The van der Waals surface area contributed by atoms with E-state index < -0.39 is 6.10 Å². The van der Waals surface area contributed by atoms with Crippen LogP contribution in [-0.4, -0.2) is 29.4 Å². The zero-order valence-electron chi connectivity index (χ0n) is 10.2. The number of aliphatic hydroxyl groups excluding tert-OH is 1. The maximum Gasteiger partial charge on any atom is 0.230 e. The summed E-state index contributed by atoms with van der Waals surface area (Å²) in [5.74, 6) is 0.522. The Morgan fingerprint density at radius 2 is 2.21 bits per heavy atom. The molecule has 1 amide bonds. The first-order chi connectivity index (χ1) is 9.06. The number of carbonyl (C=O) groups is 1. The van der Waals surface area contributed by atoms with Gasteiger partial charge in [0.05, 0.1) is 16.9 Å². The standard InChI is InChI=1S/C13H15Cl2NO2S/c14-9-3-4-10(15)12(5-9)19-7-13(18)16-6-11(17)8-1-2-8/h3-5,8,11,17H,1-2,6-7H2,(H,16,18). The number of hydrogen-bond donors (Lipinski definition) is 2. The van der Waals surface area contributed by atoms with Crippen molar-refractivity contribution in [2.45, 2.75) is 23.8 Å². The van der Waals surface area contributed by atoms with Crippen LogP contribution in [0.1, 0.15) is 12.8 Å². The van der Waals surface area contributed by atoms with Crippen molar-refractivity contribution in [1.29, 1.82) is 0 Å². The second kappa shape index (κ2) is 6.84. The van der Waals surface area contributed by atoms with E-state index in [1.54, 1.807) is 18.2 Å². The van der Waals surface area contributed by atoms with Gasteiger partial charge in [-0.05, 0) is 37.0 Å². The van der Waals surface area contributed by atoms with E-state index in [-0.39, 0.29) is 11.7 Å². The summed E-state index contributed by atoms with van der Waals surface area (Å²) in [6.45, 7) is 0.327. The van der Waals surface area contributed by atoms with Crippen LogP contribution in [-0.2, 0) is 4.79 Å². The van der Waals surface area contributed by atoms with Gasteiger partial charge in [0.2, 0.25) is 5.91 Å². The summed E-state index contributed by atoms with van der Waals surface area (Å²) >= 11 is 13.2. The van der Waals surface area contributed by atoms with Crippen molar-refractivity contribution in [1.82, 2.24) is 5.32 Å². The summed E-state index contributed by atoms with van der Waals surface area (Å²) in [6, 6.07) is 5.15. The zero-order chi connectivity index (χ0) is 13.8. The lowest BCUT2D eigenvalue weighted by Gasteiger charge is -2.10. The number of rotatable bonds is 6. The topological polar surface area (TPSA) is 49.3 Å². The van der Waals surface area contributed by atoms with Gasteiger partial charge in [0.25, 0.3) is 0 Å². The largest absolute Gasteiger partial charge is 0.391 e. The Labute approximate surface area is 126 Å². The summed E-state index contributed by atoms with van der Waals surface area (Å²) in [5.41, 5.74) is 0. The number of carbonyl (C=O) groups excluding carboxylic acids is 1. The molecular formula is C13H15Cl2NO2S. The van der Waals surface area contributed by atoms with Gasteiger partial charge in [0, 0.05) is 16.5 Å². The second-order valence-electron chi connectivity index (χ2n) is 4.57. The molecule has 1 aliphatic rings. The van der Waals surface area contributed by atoms with Gasteiger partial charge in [0.15, 0.2) is 0 Å². The predicted octanol–water partition coefficient (Wildman–Crippen LogP) is 2.97. The van der Waals surface area contributed by atoms with E-state index >= 15 is 0 Å². The highest BCUT2D eigenvalue weighted by molar-refractivity contribution is 8.00. The summed E-state index contributed by atoms with van der Waals surface area (Å²) in [5, 5.41) is 13.5. The van der Waals surface area contributed by atoms with Crippen LogP contribution in [0.2, 0.25) is 10.0 Å². The van der Waals surface area contributed by atoms with Crippen LogP contribution in [0.3, 0.4) is 0 Å². The smallest absolute Gasteiger partial charge is 0.230 e. The van der Waals surface area contributed by atoms with Crippen LogP contribution in [0.15, 0.2) is 23.1 Å². The fourth-order valence-electron chi connectivity index (χ4n) is 1.65. The molecule has 0 aliphatic heterocycles. The van der Waals surface area contributed by atoms with Gasteiger partial charge in [-0.2, -0.15) is 0 Å². The fourth-order valence-corrected chi connectivity index (χ4v) is 2.97. The molecule has 2 rings (SSSR count). The van der Waals surface area contributed by atoms with E-state index in [0.29, 0.717) is 22.5 Å². The highest BCUT2D eigenvalue weighted by atomic mass is 35.5. The Kier molecular flexibility index (Phi) is 5.39. The summed E-state index contributed by atoms with van der Waals surface area (Å²) in [6.07, 6.45) is 1.71. The lowest BCUT2D eigenvalue weighted by atomic mass is 10.2. The molecule has 1 unspecified atom stereocenters. The first kappa shape index (κ1) is 15.0. The molecule has 1 fully saturated rings. The van der Waals surface area contributed by atoms with Gasteiger partial charge in [-0.15, -0.1) is 11.8 Å². The van der Waals surface area contributed by atoms with Crippen molar-refractivity contribution in [2.24, 2.45) is 5.92 Å². The van der Waals surface area contributed by atoms with Crippen LogP contribution in [0.5, 0.6) is 0 Å². The lowest BCUT2D eigenvalue weighted by molar-refractivity contribution is -0.119. The molecule has 3 nitrogen and oxygen atoms in total. The third-order valence-corrected chi connectivity index (χ3v) is 4.66. The normalized spacial score (nSPS) is 16.2. The number of nitrogens with one attached hydrogen (secondary N) is 1. The monoisotopic (exact) mass is 319 g/mol. The number of thioether (sulfide) groups is 1. The average molecular weight is 320 g/mol. The van der Waals surface area contributed by atoms with Crippen LogP contribution < -0.4 is 5.32 Å². The van der Waals surface area contributed by atoms with Crippen LogP contribution in [0, 0.1) is 5.92 Å². The van der Waals surface area contributed by atoms with E-state index in [9.17, 15) is 9.90 Å². The number of aliphatic hydroxyl groups is 1. The van der Waals surface area contributed by atoms with E-state index in [1.165, 1.54) is 11.8 Å². The van der Waals surface area contributed by atoms with Gasteiger partial charge < -0.3 is 10.4 Å². The fraction of sp³-hybridized carbons (Fsp3) is 0.462. The molecule has 0 spiro atoms. The predicted molar refractivity (Wildman–Crippen MR) is 78.9 cm³/mol. The SMILES string of the molecule is O=C(CSc1cc(Cl)ccc1Cl)NCC(O)C1CC1. The molecule has 1 saturated carbocycles. The van der Waals surface area contributed by atoms with Crippen molar-refractivity contribution in [3.63, 3.8) is 0 Å². The molecule has 1 aromatic rings. The summed E-state index contributed by atoms with van der Waals surface area (Å²) in [4.78, 5) is 12.4. The van der Waals surface area contributed by atoms with Crippen molar-refractivity contribution in [3.8, 4) is 0 Å². The third kappa shape index (κ3) is 4.88. The van der Waals surface area contributed by atoms with Crippen molar-refractivity contribution in [3.05, 3.63) is 28.2 Å². The molecule has 1 aromatic carbocycles. The summed E-state index contributed by atoms with van der Waals surface area (Å²) in [7, 11) is 0. The minimum Gasteiger partial charge on any atom is -0.391 e. The zero-order valence-corrected chi connectivity index (χ0v) is 12.6. The maximum absolute atomic E-state index is 11.6. The molecule has 2 N–H and O–H groups in total. The van der Waals surface area contributed by atoms with Crippen molar-refractivity contribution < 1.29 is 9.90 Å². The number of amides is 1. The highest BCUT2D eigenvalue weighted by Crippen LogP contribution is 2.32. The minimum atomic E-state index is -0.413. The van der Waals surface area contributed by atoms with E-state index in [1.807, 2.05) is 0 Å². The van der Waals surface area contributed by atoms with Gasteiger partial charge in [-0.25, -0.2) is 0 Å². The first-order valence-corrected chi connectivity index (χ1v) is 7.83. The minimum absolute atomic E-state index is 0.110. The lowest BCUT2D eigenvalue weighted by Crippen LogP contribution is -2.34. The molecule has 1 atom stereocenters. The molecule has 0 bridgehead atoms. The molecule has 0 aromatic heterocycles. The maximum atomic E-state index is 11.6. The van der Waals surface area contributed by atoms with Gasteiger partial charge in [-0.3, -0.25) is 4.79 Å². The Morgan fingerprint density at radius 1 is 1.47 bits per heavy atom. The van der Waals surface area contributed by atoms with E-state index in [0.717, 1.165) is 17.7 Å². The second-order valence-corrected chi connectivity index (χ2v) is 6.43. The molecule has 1 aliphatic carbocycles. The van der Waals surface area contributed by atoms with Crippen LogP contribution in [0.4, 0.5) is 0 Å². The van der Waals surface area contributed by atoms with Gasteiger partial charge in [0.1, 0.15) is 0 Å². The number of benzene rings is 1. The van der Waals surface area contributed by atoms with Crippen LogP contribution in [0.25, 0.3) is 0 Å². The molecule has 0 heterocycles. The molecule has 0 radical (unpaired) electrons. The molecule has 0 saturated heterocycles. The molecule has 6 heteroatoms. The molecule has 19 heavy (non-hydrogen) atoms. The third-order valence-electron chi connectivity index (χ3n) is 2.93. The Bertz CT molecular complexity index is 466. The van der Waals surface area contributed by atoms with Crippen molar-refractivity contribution >= 4 is 40.9 Å². The number of halogens is 2. The van der Waals surface area contributed by atoms with E-state index in [2.05, 4.69) is 5.32 Å². The Hall–Kier alpha value is -0.420. The van der Waals surface area contributed by atoms with Gasteiger partial charge >= 0.3 is 0 Å². The highest BCUT2D eigenvalue weighted by Gasteiger charge is 2.29. The Morgan fingerprint density at radius 3 is 2.89 bits per heavy atom. The summed E-state index contributed by atoms with van der Waals surface area (Å²) < 4.78 is 0. The Balaban J connectivity index is 1.74. The first-order valence-electron chi connectivity index (χ1n) is 6.09. The quantitative estimate of drug-likeness (QED) is 0.792. The molecule has 104 valence electrons. The van der Waals surface area contributed by atoms with Crippen molar-refractivity contribution in [2.75, 3.05) is 12.3 Å². The average Bonchev–Trinajstić information content (AvgIpc) is 3.21. The van der Waals surface area contributed by atoms with Crippen LogP contribution >= 0.6 is 35.0 Å². The van der Waals surface area contributed by atoms with E-state index in [4.69, 9.17) is 23.2 Å².